The molecule has 0 saturated heterocycles. The molecule has 5 nitrogen and oxygen atoms in total. The van der Waals surface area contributed by atoms with Crippen molar-refractivity contribution < 1.29 is 22.7 Å². The summed E-state index contributed by atoms with van der Waals surface area (Å²) in [6.45, 7) is 1.73. The number of urea groups is 1. The molecule has 0 aliphatic heterocycles. The number of furan rings is 1. The minimum Gasteiger partial charge on any atom is -0.469 e. The van der Waals surface area contributed by atoms with Gasteiger partial charge in [-0.1, -0.05) is 0 Å². The van der Waals surface area contributed by atoms with Crippen LogP contribution in [-0.2, 0) is 11.3 Å². The first-order valence-electron chi connectivity index (χ1n) is 5.87. The van der Waals surface area contributed by atoms with Crippen LogP contribution in [0, 0.1) is 6.92 Å². The van der Waals surface area contributed by atoms with E-state index in [-0.39, 0.29) is 19.7 Å². The zero-order chi connectivity index (χ0) is 14.3. The number of ether oxygens (including phenoxy) is 1. The van der Waals surface area contributed by atoms with Crippen molar-refractivity contribution in [3.63, 3.8) is 0 Å². The zero-order valence-electron chi connectivity index (χ0n) is 11.0. The lowest BCUT2D eigenvalue weighted by atomic mass is 10.2. The number of nitrogens with one attached hydrogen (secondary N) is 1. The van der Waals surface area contributed by atoms with Crippen molar-refractivity contribution in [1.82, 2.24) is 10.2 Å². The van der Waals surface area contributed by atoms with Gasteiger partial charge >= 0.3 is 6.03 Å². The van der Waals surface area contributed by atoms with E-state index in [1.807, 2.05) is 0 Å². The Morgan fingerprint density at radius 2 is 2.32 bits per heavy atom. The van der Waals surface area contributed by atoms with Crippen LogP contribution in [0.2, 0.25) is 0 Å². The lowest BCUT2D eigenvalue weighted by molar-refractivity contribution is 0.0834. The van der Waals surface area contributed by atoms with Crippen molar-refractivity contribution in [2.24, 2.45) is 0 Å². The number of halogens is 2. The van der Waals surface area contributed by atoms with Crippen molar-refractivity contribution >= 4 is 6.03 Å². The van der Waals surface area contributed by atoms with Crippen LogP contribution in [0.4, 0.5) is 13.6 Å². The largest absolute Gasteiger partial charge is 0.469 e. The van der Waals surface area contributed by atoms with E-state index in [0.717, 1.165) is 10.5 Å². The molecule has 0 aromatic carbocycles. The number of hydrogen-bond donors (Lipinski definition) is 1. The van der Waals surface area contributed by atoms with Crippen molar-refractivity contribution in [2.45, 2.75) is 19.9 Å². The Balaban J connectivity index is 2.48. The van der Waals surface area contributed by atoms with Gasteiger partial charge in [0.15, 0.2) is 0 Å². The number of carbonyl (C=O) groups is 1. The first-order valence-corrected chi connectivity index (χ1v) is 5.87. The average molecular weight is 276 g/mol. The fourth-order valence-corrected chi connectivity index (χ4v) is 1.52. The van der Waals surface area contributed by atoms with Gasteiger partial charge in [-0.3, -0.25) is 0 Å². The van der Waals surface area contributed by atoms with Gasteiger partial charge in [0.2, 0.25) is 0 Å². The second-order valence-electron chi connectivity index (χ2n) is 3.99. The van der Waals surface area contributed by atoms with E-state index in [2.05, 4.69) is 5.32 Å². The Labute approximate surface area is 110 Å². The Morgan fingerprint density at radius 3 is 2.84 bits per heavy atom. The molecule has 0 aliphatic carbocycles. The second kappa shape index (κ2) is 7.73. The topological polar surface area (TPSA) is 54.7 Å². The Morgan fingerprint density at radius 1 is 1.58 bits per heavy atom. The van der Waals surface area contributed by atoms with E-state index in [9.17, 15) is 13.6 Å². The molecule has 0 aliphatic rings. The quantitative estimate of drug-likeness (QED) is 0.829. The molecule has 0 bridgehead atoms. The molecule has 0 spiro atoms. The van der Waals surface area contributed by atoms with E-state index in [4.69, 9.17) is 9.15 Å². The molecule has 1 rings (SSSR count). The van der Waals surface area contributed by atoms with E-state index >= 15 is 0 Å². The Bertz CT molecular complexity index is 396. The molecular weight excluding hydrogens is 258 g/mol. The van der Waals surface area contributed by atoms with Crippen molar-refractivity contribution in [3.8, 4) is 0 Å². The van der Waals surface area contributed by atoms with Gasteiger partial charge in [-0.15, -0.1) is 0 Å². The highest BCUT2D eigenvalue weighted by Crippen LogP contribution is 2.08. The average Bonchev–Trinajstić information content (AvgIpc) is 2.76. The number of hydrogen-bond acceptors (Lipinski definition) is 3. The molecule has 1 N–H and O–H groups in total. The van der Waals surface area contributed by atoms with Gasteiger partial charge in [0.25, 0.3) is 6.43 Å². The van der Waals surface area contributed by atoms with Crippen LogP contribution >= 0.6 is 0 Å². The summed E-state index contributed by atoms with van der Waals surface area (Å²) in [5.41, 5.74) is 0.817. The maximum absolute atomic E-state index is 12.4. The first-order chi connectivity index (χ1) is 9.04. The lowest BCUT2D eigenvalue weighted by Gasteiger charge is -2.22. The van der Waals surface area contributed by atoms with Crippen LogP contribution in [0.15, 0.2) is 16.7 Å². The minimum atomic E-state index is -2.57. The minimum absolute atomic E-state index is 0.122. The van der Waals surface area contributed by atoms with Gasteiger partial charge in [-0.2, -0.15) is 0 Å². The SMILES string of the molecule is COCCN(CC(F)F)C(=O)NCc1ccoc1C. The summed E-state index contributed by atoms with van der Waals surface area (Å²) in [6, 6.07) is 1.18. The highest BCUT2D eigenvalue weighted by atomic mass is 19.3. The van der Waals surface area contributed by atoms with Gasteiger partial charge < -0.3 is 19.4 Å². The molecule has 108 valence electrons. The third kappa shape index (κ3) is 5.25. The molecule has 0 radical (unpaired) electrons. The maximum atomic E-state index is 12.4. The standard InChI is InChI=1S/C12H18F2N2O3/c1-9-10(3-5-19-9)7-15-12(17)16(4-6-18-2)8-11(13)14/h3,5,11H,4,6-8H2,1-2H3,(H,15,17). The maximum Gasteiger partial charge on any atom is 0.317 e. The van der Waals surface area contributed by atoms with Crippen molar-refractivity contribution in [2.75, 3.05) is 26.8 Å². The van der Waals surface area contributed by atoms with Gasteiger partial charge in [0.05, 0.1) is 19.4 Å². The molecule has 0 saturated carbocycles. The molecule has 7 heteroatoms. The smallest absolute Gasteiger partial charge is 0.317 e. The third-order valence-corrected chi connectivity index (χ3v) is 2.61. The van der Waals surface area contributed by atoms with Crippen molar-refractivity contribution in [3.05, 3.63) is 23.7 Å². The van der Waals surface area contributed by atoms with Crippen LogP contribution in [0.3, 0.4) is 0 Å². The molecule has 1 aromatic heterocycles. The lowest BCUT2D eigenvalue weighted by Crippen LogP contribution is -2.43. The summed E-state index contributed by atoms with van der Waals surface area (Å²) in [4.78, 5) is 12.8. The van der Waals surface area contributed by atoms with E-state index < -0.39 is 19.0 Å². The van der Waals surface area contributed by atoms with Crippen LogP contribution in [0.1, 0.15) is 11.3 Å². The summed E-state index contributed by atoms with van der Waals surface area (Å²) >= 11 is 0. The van der Waals surface area contributed by atoms with Gasteiger partial charge in [0, 0.05) is 25.8 Å². The van der Waals surface area contributed by atoms with Crippen LogP contribution in [0.25, 0.3) is 0 Å². The predicted octanol–water partition coefficient (Wildman–Crippen LogP) is 2.01. The Hall–Kier alpha value is -1.63. The number of nitrogens with zero attached hydrogens (tertiary/aromatic N) is 1. The molecule has 2 amide bonds. The molecule has 0 unspecified atom stereocenters. The summed E-state index contributed by atoms with van der Waals surface area (Å²) in [6.07, 6.45) is -1.06. The van der Waals surface area contributed by atoms with Crippen molar-refractivity contribution in [1.29, 1.82) is 0 Å². The highest BCUT2D eigenvalue weighted by Gasteiger charge is 2.18. The van der Waals surface area contributed by atoms with Crippen LogP contribution in [0.5, 0.6) is 0 Å². The normalized spacial score (nSPS) is 10.8. The number of alkyl halides is 2. The highest BCUT2D eigenvalue weighted by molar-refractivity contribution is 5.74. The summed E-state index contributed by atoms with van der Waals surface area (Å²) in [7, 11) is 1.45. The van der Waals surface area contributed by atoms with Crippen LogP contribution < -0.4 is 5.32 Å². The Kier molecular flexibility index (Phi) is 6.27. The first kappa shape index (κ1) is 15.4. The van der Waals surface area contributed by atoms with E-state index in [1.54, 1.807) is 13.0 Å². The zero-order valence-corrected chi connectivity index (χ0v) is 11.0. The molecule has 19 heavy (non-hydrogen) atoms. The van der Waals surface area contributed by atoms with E-state index in [0.29, 0.717) is 5.76 Å². The molecule has 1 heterocycles. The van der Waals surface area contributed by atoms with Gasteiger partial charge in [-0.05, 0) is 13.0 Å². The summed E-state index contributed by atoms with van der Waals surface area (Å²) in [5, 5.41) is 2.58. The molecular formula is C12H18F2N2O3. The molecule has 1 aromatic rings. The third-order valence-electron chi connectivity index (χ3n) is 2.61. The van der Waals surface area contributed by atoms with Gasteiger partial charge in [-0.25, -0.2) is 13.6 Å². The predicted molar refractivity (Wildman–Crippen MR) is 65.1 cm³/mol. The molecule has 0 atom stereocenters. The van der Waals surface area contributed by atoms with E-state index in [1.165, 1.54) is 13.4 Å². The monoisotopic (exact) mass is 276 g/mol. The summed E-state index contributed by atoms with van der Waals surface area (Å²) < 4.78 is 34.6. The number of rotatable bonds is 7. The number of amides is 2. The molecule has 0 fully saturated rings. The number of aryl methyl sites for hydroxylation is 1. The second-order valence-corrected chi connectivity index (χ2v) is 3.99. The number of methoxy groups -OCH3 is 1. The summed E-state index contributed by atoms with van der Waals surface area (Å²) in [5.74, 6) is 0.692. The fourth-order valence-electron chi connectivity index (χ4n) is 1.52. The fraction of sp³-hybridized carbons (Fsp3) is 0.583. The number of carbonyl (C=O) groups excluding carboxylic acids is 1. The van der Waals surface area contributed by atoms with Gasteiger partial charge in [0.1, 0.15) is 5.76 Å². The van der Waals surface area contributed by atoms with Crippen LogP contribution in [-0.4, -0.2) is 44.2 Å².